The Hall–Kier alpha value is -1.26. The number of likely N-dealkylation sites (N-methyl/N-ethyl adjacent to an activating group) is 1. The van der Waals surface area contributed by atoms with Crippen molar-refractivity contribution >= 4 is 11.9 Å². The van der Waals surface area contributed by atoms with Crippen LogP contribution in [0.5, 0.6) is 0 Å². The number of rotatable bonds is 6. The summed E-state index contributed by atoms with van der Waals surface area (Å²) in [6, 6.07) is 0. The van der Waals surface area contributed by atoms with Crippen LogP contribution in [0, 0.1) is 5.92 Å². The van der Waals surface area contributed by atoms with Gasteiger partial charge in [-0.15, -0.1) is 0 Å². The maximum Gasteiger partial charge on any atom is 0.243 e. The van der Waals surface area contributed by atoms with E-state index in [1.54, 1.807) is 19.0 Å². The van der Waals surface area contributed by atoms with E-state index in [0.29, 0.717) is 5.92 Å². The normalized spacial score (nSPS) is 11.5. The zero-order valence-corrected chi connectivity index (χ0v) is 11.7. The first-order chi connectivity index (χ1) is 7.97. The third kappa shape index (κ3) is 8.54. The van der Waals surface area contributed by atoms with Gasteiger partial charge in [0.2, 0.25) is 5.91 Å². The highest BCUT2D eigenvalue weighted by Gasteiger charge is 2.04. The van der Waals surface area contributed by atoms with Crippen LogP contribution in [0.15, 0.2) is 4.99 Å². The van der Waals surface area contributed by atoms with Crippen LogP contribution in [0.4, 0.5) is 0 Å². The smallest absolute Gasteiger partial charge is 0.243 e. The van der Waals surface area contributed by atoms with Crippen LogP contribution in [0.3, 0.4) is 0 Å². The number of amides is 1. The van der Waals surface area contributed by atoms with E-state index in [1.807, 2.05) is 0 Å². The van der Waals surface area contributed by atoms with E-state index in [9.17, 15) is 4.79 Å². The SMILES string of the molecule is CCCNC(=NCC(=O)N(C)C)NCC(C)C. The maximum atomic E-state index is 11.4. The van der Waals surface area contributed by atoms with Gasteiger partial charge in [-0.1, -0.05) is 20.8 Å². The molecule has 0 aromatic heterocycles. The van der Waals surface area contributed by atoms with Crippen molar-refractivity contribution in [1.29, 1.82) is 0 Å². The second-order valence-electron chi connectivity index (χ2n) is 4.65. The Morgan fingerprint density at radius 2 is 1.94 bits per heavy atom. The largest absolute Gasteiger partial charge is 0.356 e. The average Bonchev–Trinajstić information content (AvgIpc) is 2.27. The molecule has 1 amide bonds. The van der Waals surface area contributed by atoms with Crippen molar-refractivity contribution in [3.63, 3.8) is 0 Å². The van der Waals surface area contributed by atoms with E-state index in [0.717, 1.165) is 25.5 Å². The topological polar surface area (TPSA) is 56.7 Å². The summed E-state index contributed by atoms with van der Waals surface area (Å²) in [4.78, 5) is 17.2. The minimum Gasteiger partial charge on any atom is -0.356 e. The lowest BCUT2D eigenvalue weighted by Gasteiger charge is -2.14. The van der Waals surface area contributed by atoms with Crippen molar-refractivity contribution in [2.75, 3.05) is 33.7 Å². The molecule has 100 valence electrons. The summed E-state index contributed by atoms with van der Waals surface area (Å²) in [6.45, 7) is 8.26. The predicted molar refractivity (Wildman–Crippen MR) is 72.1 cm³/mol. The zero-order chi connectivity index (χ0) is 13.3. The maximum absolute atomic E-state index is 11.4. The number of guanidine groups is 1. The van der Waals surface area contributed by atoms with Gasteiger partial charge in [-0.3, -0.25) is 4.79 Å². The number of nitrogens with one attached hydrogen (secondary N) is 2. The van der Waals surface area contributed by atoms with Gasteiger partial charge in [0.25, 0.3) is 0 Å². The lowest BCUT2D eigenvalue weighted by Crippen LogP contribution is -2.40. The van der Waals surface area contributed by atoms with Crippen molar-refractivity contribution in [3.8, 4) is 0 Å². The van der Waals surface area contributed by atoms with E-state index in [1.165, 1.54) is 0 Å². The fourth-order valence-corrected chi connectivity index (χ4v) is 1.01. The van der Waals surface area contributed by atoms with Crippen LogP contribution >= 0.6 is 0 Å². The zero-order valence-electron chi connectivity index (χ0n) is 11.7. The van der Waals surface area contributed by atoms with Gasteiger partial charge in [-0.2, -0.15) is 0 Å². The molecule has 5 nitrogen and oxygen atoms in total. The Bertz CT molecular complexity index is 249. The Labute approximate surface area is 105 Å². The summed E-state index contributed by atoms with van der Waals surface area (Å²) in [5, 5.41) is 6.40. The predicted octanol–water partition coefficient (Wildman–Crippen LogP) is 0.676. The fraction of sp³-hybridized carbons (Fsp3) is 0.833. The number of carbonyl (C=O) groups excluding carboxylic acids is 1. The molecule has 0 radical (unpaired) electrons. The Balaban J connectivity index is 4.23. The molecule has 0 aliphatic carbocycles. The standard InChI is InChI=1S/C12H26N4O/c1-6-7-13-12(14-8-10(2)3)15-9-11(17)16(4)5/h10H,6-9H2,1-5H3,(H2,13,14,15). The van der Waals surface area contributed by atoms with Crippen LogP contribution < -0.4 is 10.6 Å². The molecule has 0 atom stereocenters. The summed E-state index contributed by atoms with van der Waals surface area (Å²) < 4.78 is 0. The lowest BCUT2D eigenvalue weighted by molar-refractivity contribution is -0.127. The minimum absolute atomic E-state index is 0.00662. The summed E-state index contributed by atoms with van der Waals surface area (Å²) in [5.41, 5.74) is 0. The second-order valence-corrected chi connectivity index (χ2v) is 4.65. The van der Waals surface area contributed by atoms with E-state index >= 15 is 0 Å². The van der Waals surface area contributed by atoms with Gasteiger partial charge < -0.3 is 15.5 Å². The van der Waals surface area contributed by atoms with Gasteiger partial charge in [0.1, 0.15) is 6.54 Å². The molecule has 17 heavy (non-hydrogen) atoms. The van der Waals surface area contributed by atoms with Crippen molar-refractivity contribution in [2.24, 2.45) is 10.9 Å². The highest BCUT2D eigenvalue weighted by molar-refractivity contribution is 5.84. The minimum atomic E-state index is 0.00662. The van der Waals surface area contributed by atoms with E-state index in [2.05, 4.69) is 36.4 Å². The molecule has 5 heteroatoms. The average molecular weight is 242 g/mol. The van der Waals surface area contributed by atoms with E-state index in [4.69, 9.17) is 0 Å². The van der Waals surface area contributed by atoms with Crippen molar-refractivity contribution in [3.05, 3.63) is 0 Å². The fourth-order valence-electron chi connectivity index (χ4n) is 1.01. The second kappa shape index (κ2) is 8.84. The summed E-state index contributed by atoms with van der Waals surface area (Å²) in [7, 11) is 3.47. The van der Waals surface area contributed by atoms with Crippen molar-refractivity contribution in [1.82, 2.24) is 15.5 Å². The third-order valence-electron chi connectivity index (χ3n) is 2.09. The number of nitrogens with zero attached hydrogens (tertiary/aromatic N) is 2. The molecule has 0 saturated heterocycles. The number of aliphatic imine (C=N–C) groups is 1. The van der Waals surface area contributed by atoms with Crippen molar-refractivity contribution in [2.45, 2.75) is 27.2 Å². The van der Waals surface area contributed by atoms with Crippen LogP contribution in [-0.2, 0) is 4.79 Å². The Morgan fingerprint density at radius 1 is 1.29 bits per heavy atom. The highest BCUT2D eigenvalue weighted by atomic mass is 16.2. The third-order valence-corrected chi connectivity index (χ3v) is 2.09. The number of hydrogen-bond acceptors (Lipinski definition) is 2. The van der Waals surface area contributed by atoms with Gasteiger partial charge in [-0.05, 0) is 12.3 Å². The molecule has 0 heterocycles. The van der Waals surface area contributed by atoms with E-state index in [-0.39, 0.29) is 12.5 Å². The highest BCUT2D eigenvalue weighted by Crippen LogP contribution is 1.88. The summed E-state index contributed by atoms with van der Waals surface area (Å²) >= 11 is 0. The van der Waals surface area contributed by atoms with Gasteiger partial charge in [0.05, 0.1) is 0 Å². The van der Waals surface area contributed by atoms with Gasteiger partial charge in [-0.25, -0.2) is 4.99 Å². The molecule has 2 N–H and O–H groups in total. The molecule has 0 aromatic carbocycles. The van der Waals surface area contributed by atoms with Crippen molar-refractivity contribution < 1.29 is 4.79 Å². The number of hydrogen-bond donors (Lipinski definition) is 2. The molecule has 0 bridgehead atoms. The Kier molecular flexibility index (Phi) is 8.19. The van der Waals surface area contributed by atoms with Crippen LogP contribution in [0.1, 0.15) is 27.2 Å². The molecule has 0 rings (SSSR count). The molecular weight excluding hydrogens is 216 g/mol. The van der Waals surface area contributed by atoms with Gasteiger partial charge in [0.15, 0.2) is 5.96 Å². The monoisotopic (exact) mass is 242 g/mol. The molecule has 0 spiro atoms. The molecule has 0 aliphatic heterocycles. The van der Waals surface area contributed by atoms with Gasteiger partial charge >= 0.3 is 0 Å². The Morgan fingerprint density at radius 3 is 2.41 bits per heavy atom. The first-order valence-corrected chi connectivity index (χ1v) is 6.19. The van der Waals surface area contributed by atoms with Gasteiger partial charge in [0, 0.05) is 27.2 Å². The first kappa shape index (κ1) is 15.7. The molecule has 0 aliphatic rings. The molecule has 0 fully saturated rings. The lowest BCUT2D eigenvalue weighted by atomic mass is 10.2. The van der Waals surface area contributed by atoms with Crippen LogP contribution in [0.2, 0.25) is 0 Å². The molecule has 0 aromatic rings. The summed E-state index contributed by atoms with van der Waals surface area (Å²) in [5.74, 6) is 1.27. The molecular formula is C12H26N4O. The number of carbonyl (C=O) groups is 1. The molecule has 0 unspecified atom stereocenters. The first-order valence-electron chi connectivity index (χ1n) is 6.19. The van der Waals surface area contributed by atoms with Crippen LogP contribution in [-0.4, -0.2) is 50.5 Å². The van der Waals surface area contributed by atoms with E-state index < -0.39 is 0 Å². The summed E-state index contributed by atoms with van der Waals surface area (Å²) in [6.07, 6.45) is 1.03. The molecule has 0 saturated carbocycles. The van der Waals surface area contributed by atoms with Crippen LogP contribution in [0.25, 0.3) is 0 Å². The quantitative estimate of drug-likeness (QED) is 0.532.